The Hall–Kier alpha value is -2.52. The molecule has 4 N–H and O–H groups in total. The standard InChI is InChI=1S/C27H38O8/c1-5-6-7-8-18-12-23(34-26(32)21(30)14-28)25(24(13-18)35-27(33)22(31)15-29)20-11-17(4)9-10-19(20)16(2)3/h11-13,19-22,28-31H,2,5-10,14-15H2,1,3-4H3. The number of unbranched alkanes of at least 4 members (excludes halogenated alkanes) is 2. The highest BCUT2D eigenvalue weighted by Crippen LogP contribution is 2.47. The summed E-state index contributed by atoms with van der Waals surface area (Å²) < 4.78 is 11.1. The first-order valence-electron chi connectivity index (χ1n) is 12.1. The lowest BCUT2D eigenvalue weighted by atomic mass is 9.73. The Kier molecular flexibility index (Phi) is 11.1. The van der Waals surface area contributed by atoms with E-state index in [-0.39, 0.29) is 23.3 Å². The van der Waals surface area contributed by atoms with Crippen LogP contribution in [0.5, 0.6) is 11.5 Å². The minimum Gasteiger partial charge on any atom is -0.424 e. The number of esters is 2. The van der Waals surface area contributed by atoms with E-state index < -0.39 is 37.4 Å². The van der Waals surface area contributed by atoms with Crippen LogP contribution in [0.4, 0.5) is 0 Å². The number of allylic oxidation sites excluding steroid dienone is 3. The van der Waals surface area contributed by atoms with Crippen LogP contribution in [0.3, 0.4) is 0 Å². The molecule has 0 spiro atoms. The number of hydrogen-bond donors (Lipinski definition) is 4. The van der Waals surface area contributed by atoms with Crippen LogP contribution < -0.4 is 9.47 Å². The van der Waals surface area contributed by atoms with Crippen LogP contribution in [0.15, 0.2) is 35.9 Å². The highest BCUT2D eigenvalue weighted by Gasteiger charge is 2.33. The molecule has 0 radical (unpaired) electrons. The maximum atomic E-state index is 12.5. The molecule has 35 heavy (non-hydrogen) atoms. The molecule has 1 aliphatic rings. The molecule has 0 saturated heterocycles. The quantitative estimate of drug-likeness (QED) is 0.152. The Labute approximate surface area is 206 Å². The van der Waals surface area contributed by atoms with E-state index in [1.807, 2.05) is 19.9 Å². The maximum Gasteiger partial charge on any atom is 0.342 e. The van der Waals surface area contributed by atoms with Crippen molar-refractivity contribution in [2.45, 2.75) is 77.4 Å². The van der Waals surface area contributed by atoms with Gasteiger partial charge < -0.3 is 29.9 Å². The molecule has 194 valence electrons. The van der Waals surface area contributed by atoms with Crippen molar-refractivity contribution >= 4 is 11.9 Å². The van der Waals surface area contributed by atoms with Gasteiger partial charge in [0.2, 0.25) is 0 Å². The average molecular weight is 491 g/mol. The Morgan fingerprint density at radius 2 is 1.60 bits per heavy atom. The van der Waals surface area contributed by atoms with E-state index >= 15 is 0 Å². The molecule has 8 heteroatoms. The number of carbonyl (C=O) groups is 2. The number of benzene rings is 1. The lowest BCUT2D eigenvalue weighted by Gasteiger charge is -2.32. The fourth-order valence-corrected chi connectivity index (χ4v) is 4.28. The van der Waals surface area contributed by atoms with Gasteiger partial charge in [-0.2, -0.15) is 0 Å². The van der Waals surface area contributed by atoms with Gasteiger partial charge in [0, 0.05) is 11.5 Å². The fourth-order valence-electron chi connectivity index (χ4n) is 4.28. The van der Waals surface area contributed by atoms with E-state index in [2.05, 4.69) is 13.5 Å². The summed E-state index contributed by atoms with van der Waals surface area (Å²) in [4.78, 5) is 24.9. The molecule has 0 heterocycles. The molecule has 1 aromatic carbocycles. The number of rotatable bonds is 12. The minimum atomic E-state index is -1.73. The normalized spacial score (nSPS) is 19.5. The SMILES string of the molecule is C=C(C)C1CCC(C)=CC1c1c(OC(=O)C(O)CO)cc(CCCCC)cc1OC(=O)C(O)CO. The van der Waals surface area contributed by atoms with Gasteiger partial charge in [-0.3, -0.25) is 0 Å². The van der Waals surface area contributed by atoms with Crippen molar-refractivity contribution in [3.63, 3.8) is 0 Å². The van der Waals surface area contributed by atoms with Crippen LogP contribution in [-0.4, -0.2) is 57.8 Å². The molecular weight excluding hydrogens is 452 g/mol. The first-order chi connectivity index (χ1) is 16.6. The van der Waals surface area contributed by atoms with Crippen LogP contribution >= 0.6 is 0 Å². The molecule has 0 amide bonds. The lowest BCUT2D eigenvalue weighted by Crippen LogP contribution is -2.31. The van der Waals surface area contributed by atoms with Crippen molar-refractivity contribution in [3.05, 3.63) is 47.1 Å². The Morgan fingerprint density at radius 3 is 2.06 bits per heavy atom. The zero-order valence-corrected chi connectivity index (χ0v) is 20.8. The summed E-state index contributed by atoms with van der Waals surface area (Å²) in [6.07, 6.45) is 3.67. The molecule has 0 saturated carbocycles. The van der Waals surface area contributed by atoms with Crippen LogP contribution in [0.1, 0.15) is 69.9 Å². The van der Waals surface area contributed by atoms with E-state index in [4.69, 9.17) is 9.47 Å². The second-order valence-corrected chi connectivity index (χ2v) is 9.23. The summed E-state index contributed by atoms with van der Waals surface area (Å²) in [6, 6.07) is 3.39. The largest absolute Gasteiger partial charge is 0.424 e. The number of ether oxygens (including phenoxy) is 2. The third kappa shape index (κ3) is 7.73. The maximum absolute atomic E-state index is 12.5. The summed E-state index contributed by atoms with van der Waals surface area (Å²) in [5.41, 5.74) is 3.17. The van der Waals surface area contributed by atoms with E-state index in [0.29, 0.717) is 12.0 Å². The second-order valence-electron chi connectivity index (χ2n) is 9.23. The van der Waals surface area contributed by atoms with E-state index in [0.717, 1.165) is 48.8 Å². The van der Waals surface area contributed by atoms with Gasteiger partial charge in [0.15, 0.2) is 12.2 Å². The van der Waals surface area contributed by atoms with E-state index in [1.54, 1.807) is 12.1 Å². The summed E-state index contributed by atoms with van der Waals surface area (Å²) in [7, 11) is 0. The summed E-state index contributed by atoms with van der Waals surface area (Å²) in [5, 5.41) is 38.1. The van der Waals surface area contributed by atoms with Gasteiger partial charge in [-0.1, -0.05) is 43.6 Å². The number of hydrogen-bond acceptors (Lipinski definition) is 8. The monoisotopic (exact) mass is 490 g/mol. The third-order valence-corrected chi connectivity index (χ3v) is 6.26. The third-order valence-electron chi connectivity index (χ3n) is 6.26. The number of aryl methyl sites for hydroxylation is 1. The summed E-state index contributed by atoms with van der Waals surface area (Å²) >= 11 is 0. The first kappa shape index (κ1) is 28.7. The van der Waals surface area contributed by atoms with Gasteiger partial charge >= 0.3 is 11.9 Å². The average Bonchev–Trinajstić information content (AvgIpc) is 2.82. The van der Waals surface area contributed by atoms with Crippen molar-refractivity contribution in [1.29, 1.82) is 0 Å². The highest BCUT2D eigenvalue weighted by atomic mass is 16.6. The zero-order valence-electron chi connectivity index (χ0n) is 20.8. The predicted octanol–water partition coefficient (Wildman–Crippen LogP) is 2.95. The van der Waals surface area contributed by atoms with Crippen LogP contribution in [0.25, 0.3) is 0 Å². The number of carbonyl (C=O) groups excluding carboxylic acids is 2. The van der Waals surface area contributed by atoms with Crippen LogP contribution in [-0.2, 0) is 16.0 Å². The predicted molar refractivity (Wildman–Crippen MR) is 131 cm³/mol. The first-order valence-corrected chi connectivity index (χ1v) is 12.1. The van der Waals surface area contributed by atoms with E-state index in [9.17, 15) is 30.0 Å². The molecule has 4 unspecified atom stereocenters. The van der Waals surface area contributed by atoms with Crippen molar-refractivity contribution in [3.8, 4) is 11.5 Å². The summed E-state index contributed by atoms with van der Waals surface area (Å²) in [5.74, 6) is -2.23. The Morgan fingerprint density at radius 1 is 1.06 bits per heavy atom. The van der Waals surface area contributed by atoms with Gasteiger partial charge in [-0.15, -0.1) is 0 Å². The van der Waals surface area contributed by atoms with Crippen molar-refractivity contribution < 1.29 is 39.5 Å². The zero-order chi connectivity index (χ0) is 26.1. The smallest absolute Gasteiger partial charge is 0.342 e. The van der Waals surface area contributed by atoms with Crippen molar-refractivity contribution in [2.75, 3.05) is 13.2 Å². The van der Waals surface area contributed by atoms with E-state index in [1.165, 1.54) is 0 Å². The second kappa shape index (κ2) is 13.5. The van der Waals surface area contributed by atoms with Gasteiger partial charge in [0.1, 0.15) is 11.5 Å². The number of aliphatic hydroxyl groups is 4. The van der Waals surface area contributed by atoms with Crippen molar-refractivity contribution in [2.24, 2.45) is 5.92 Å². The molecule has 0 fully saturated rings. The van der Waals surface area contributed by atoms with Crippen molar-refractivity contribution in [1.82, 2.24) is 0 Å². The molecular formula is C27H38O8. The van der Waals surface area contributed by atoms with Gasteiger partial charge in [0.25, 0.3) is 0 Å². The van der Waals surface area contributed by atoms with Gasteiger partial charge in [-0.25, -0.2) is 9.59 Å². The highest BCUT2D eigenvalue weighted by molar-refractivity contribution is 5.80. The molecule has 2 rings (SSSR count). The molecule has 0 aliphatic heterocycles. The van der Waals surface area contributed by atoms with Gasteiger partial charge in [0.05, 0.1) is 13.2 Å². The fraction of sp³-hybridized carbons (Fsp3) is 0.556. The molecule has 1 aliphatic carbocycles. The Bertz CT molecular complexity index is 890. The molecule has 1 aromatic rings. The van der Waals surface area contributed by atoms with Crippen LogP contribution in [0.2, 0.25) is 0 Å². The molecule has 0 bridgehead atoms. The molecule has 0 aromatic heterocycles. The Balaban J connectivity index is 2.72. The van der Waals surface area contributed by atoms with Gasteiger partial charge in [-0.05, 0) is 63.1 Å². The summed E-state index contributed by atoms with van der Waals surface area (Å²) in [6.45, 7) is 8.50. The van der Waals surface area contributed by atoms with Crippen LogP contribution in [0, 0.1) is 5.92 Å². The minimum absolute atomic E-state index is 0.0370. The molecule has 4 atom stereocenters. The topological polar surface area (TPSA) is 134 Å². The lowest BCUT2D eigenvalue weighted by molar-refractivity contribution is -0.145. The molecule has 8 nitrogen and oxygen atoms in total. The number of aliphatic hydroxyl groups excluding tert-OH is 4.